The number of thiophene rings is 1. The number of hydrogen-bond donors (Lipinski definition) is 2. The third kappa shape index (κ3) is 3.20. The van der Waals surface area contributed by atoms with Crippen LogP contribution in [0.1, 0.15) is 17.4 Å². The summed E-state index contributed by atoms with van der Waals surface area (Å²) in [5.74, 6) is 4.93. The fourth-order valence-electron chi connectivity index (χ4n) is 1.86. The predicted molar refractivity (Wildman–Crippen MR) is 71.3 cm³/mol. The van der Waals surface area contributed by atoms with Crippen LogP contribution < -0.4 is 5.32 Å². The van der Waals surface area contributed by atoms with Gasteiger partial charge in [0, 0.05) is 17.0 Å². The van der Waals surface area contributed by atoms with Gasteiger partial charge in [-0.1, -0.05) is 11.8 Å². The number of carbonyl (C=O) groups is 2. The molecule has 5 nitrogen and oxygen atoms in total. The molecule has 0 aromatic carbocycles. The normalized spacial score (nSPS) is 19.8. The standard InChI is InChI=1S/C13H14N2O3S/c1-9-13(18)14-12(17)8-15(9)7-11-10(3-2-5-16)4-6-19-11/h4,6,9,16H,5,7-8H2,1H3,(H,14,17,18). The van der Waals surface area contributed by atoms with E-state index in [0.717, 1.165) is 10.4 Å². The number of nitrogens with zero attached hydrogens (tertiary/aromatic N) is 1. The second kappa shape index (κ2) is 5.97. The number of aliphatic hydroxyl groups is 1. The van der Waals surface area contributed by atoms with E-state index in [0.29, 0.717) is 6.54 Å². The first-order chi connectivity index (χ1) is 9.11. The topological polar surface area (TPSA) is 69.6 Å². The van der Waals surface area contributed by atoms with E-state index in [1.807, 2.05) is 16.3 Å². The highest BCUT2D eigenvalue weighted by Crippen LogP contribution is 2.20. The lowest BCUT2D eigenvalue weighted by Crippen LogP contribution is -2.56. The summed E-state index contributed by atoms with van der Waals surface area (Å²) in [7, 11) is 0. The Morgan fingerprint density at radius 2 is 2.37 bits per heavy atom. The molecule has 0 radical (unpaired) electrons. The van der Waals surface area contributed by atoms with Crippen molar-refractivity contribution >= 4 is 23.2 Å². The van der Waals surface area contributed by atoms with Crippen molar-refractivity contribution in [3.05, 3.63) is 21.9 Å². The number of carbonyl (C=O) groups excluding carboxylic acids is 2. The van der Waals surface area contributed by atoms with Crippen LogP contribution in [0.2, 0.25) is 0 Å². The molecule has 1 atom stereocenters. The van der Waals surface area contributed by atoms with E-state index < -0.39 is 0 Å². The van der Waals surface area contributed by atoms with Crippen molar-refractivity contribution in [2.75, 3.05) is 13.2 Å². The number of aliphatic hydroxyl groups excluding tert-OH is 1. The fourth-order valence-corrected chi connectivity index (χ4v) is 2.71. The molecule has 2 amide bonds. The molecule has 19 heavy (non-hydrogen) atoms. The molecule has 1 fully saturated rings. The predicted octanol–water partition coefficient (Wildman–Crippen LogP) is -0.0612. The van der Waals surface area contributed by atoms with Crippen LogP contribution in [0.5, 0.6) is 0 Å². The number of nitrogens with one attached hydrogen (secondary N) is 1. The molecule has 2 heterocycles. The van der Waals surface area contributed by atoms with Crippen LogP contribution >= 0.6 is 11.3 Å². The Labute approximate surface area is 115 Å². The highest BCUT2D eigenvalue weighted by atomic mass is 32.1. The van der Waals surface area contributed by atoms with Crippen LogP contribution in [0.15, 0.2) is 11.4 Å². The van der Waals surface area contributed by atoms with Crippen molar-refractivity contribution in [1.29, 1.82) is 0 Å². The van der Waals surface area contributed by atoms with Gasteiger partial charge in [0.15, 0.2) is 0 Å². The average molecular weight is 278 g/mol. The molecule has 0 aliphatic carbocycles. The van der Waals surface area contributed by atoms with Crippen LogP contribution in [-0.4, -0.2) is 41.0 Å². The molecule has 1 aromatic heterocycles. The van der Waals surface area contributed by atoms with Crippen LogP contribution in [0, 0.1) is 11.8 Å². The van der Waals surface area contributed by atoms with Crippen molar-refractivity contribution < 1.29 is 14.7 Å². The van der Waals surface area contributed by atoms with Crippen LogP contribution in [0.25, 0.3) is 0 Å². The maximum absolute atomic E-state index is 11.6. The zero-order chi connectivity index (χ0) is 13.8. The Morgan fingerprint density at radius 1 is 1.58 bits per heavy atom. The van der Waals surface area contributed by atoms with E-state index in [2.05, 4.69) is 17.2 Å². The van der Waals surface area contributed by atoms with Gasteiger partial charge in [-0.15, -0.1) is 11.3 Å². The Morgan fingerprint density at radius 3 is 3.11 bits per heavy atom. The quantitative estimate of drug-likeness (QED) is 0.587. The molecule has 0 spiro atoms. The van der Waals surface area contributed by atoms with Crippen molar-refractivity contribution in [2.45, 2.75) is 19.5 Å². The molecule has 1 saturated heterocycles. The first kappa shape index (κ1) is 13.7. The monoisotopic (exact) mass is 278 g/mol. The van der Waals surface area contributed by atoms with E-state index in [9.17, 15) is 9.59 Å². The van der Waals surface area contributed by atoms with Gasteiger partial charge in [-0.05, 0) is 18.4 Å². The van der Waals surface area contributed by atoms with Crippen LogP contribution in [0.3, 0.4) is 0 Å². The van der Waals surface area contributed by atoms with Crippen molar-refractivity contribution in [2.24, 2.45) is 0 Å². The molecule has 0 saturated carbocycles. The number of rotatable bonds is 2. The number of amides is 2. The number of piperazine rings is 1. The molecule has 1 unspecified atom stereocenters. The first-order valence-corrected chi connectivity index (χ1v) is 6.73. The SMILES string of the molecule is CC1C(=O)NC(=O)CN1Cc1sccc1C#CCO. The van der Waals surface area contributed by atoms with Gasteiger partial charge in [-0.25, -0.2) is 0 Å². The summed E-state index contributed by atoms with van der Waals surface area (Å²) in [6, 6.07) is 1.54. The third-order valence-electron chi connectivity index (χ3n) is 2.93. The highest BCUT2D eigenvalue weighted by Gasteiger charge is 2.30. The zero-order valence-electron chi connectivity index (χ0n) is 10.5. The van der Waals surface area contributed by atoms with E-state index >= 15 is 0 Å². The Kier molecular flexibility index (Phi) is 4.32. The largest absolute Gasteiger partial charge is 0.384 e. The van der Waals surface area contributed by atoms with Gasteiger partial charge >= 0.3 is 0 Å². The van der Waals surface area contributed by atoms with Gasteiger partial charge in [0.1, 0.15) is 6.61 Å². The molecule has 2 rings (SSSR count). The number of imide groups is 1. The van der Waals surface area contributed by atoms with E-state index in [4.69, 9.17) is 5.11 Å². The summed E-state index contributed by atoms with van der Waals surface area (Å²) in [6.07, 6.45) is 0. The van der Waals surface area contributed by atoms with Crippen molar-refractivity contribution in [1.82, 2.24) is 10.2 Å². The molecule has 0 bridgehead atoms. The van der Waals surface area contributed by atoms with Gasteiger partial charge in [-0.3, -0.25) is 19.8 Å². The summed E-state index contributed by atoms with van der Waals surface area (Å²) >= 11 is 1.53. The van der Waals surface area contributed by atoms with Crippen molar-refractivity contribution in [3.8, 4) is 11.8 Å². The second-order valence-corrected chi connectivity index (χ2v) is 5.21. The molecule has 1 aromatic rings. The molecule has 1 aliphatic rings. The molecule has 2 N–H and O–H groups in total. The molecule has 6 heteroatoms. The summed E-state index contributed by atoms with van der Waals surface area (Å²) in [6.45, 7) is 2.30. The Balaban J connectivity index is 2.14. The van der Waals surface area contributed by atoms with E-state index in [1.54, 1.807) is 6.92 Å². The maximum Gasteiger partial charge on any atom is 0.243 e. The van der Waals surface area contributed by atoms with Crippen LogP contribution in [-0.2, 0) is 16.1 Å². The van der Waals surface area contributed by atoms with Gasteiger partial charge < -0.3 is 5.11 Å². The Bertz CT molecular complexity index is 556. The highest BCUT2D eigenvalue weighted by molar-refractivity contribution is 7.10. The molecular formula is C13H14N2O3S. The molecule has 100 valence electrons. The zero-order valence-corrected chi connectivity index (χ0v) is 11.3. The summed E-state index contributed by atoms with van der Waals surface area (Å²) < 4.78 is 0. The lowest BCUT2D eigenvalue weighted by molar-refractivity contribution is -0.139. The fraction of sp³-hybridized carbons (Fsp3) is 0.385. The summed E-state index contributed by atoms with van der Waals surface area (Å²) in [5, 5.41) is 12.9. The lowest BCUT2D eigenvalue weighted by atomic mass is 10.1. The smallest absolute Gasteiger partial charge is 0.243 e. The van der Waals surface area contributed by atoms with E-state index in [-0.39, 0.29) is 31.0 Å². The minimum atomic E-state index is -0.335. The van der Waals surface area contributed by atoms with Gasteiger partial charge in [0.2, 0.25) is 11.8 Å². The lowest BCUT2D eigenvalue weighted by Gasteiger charge is -2.31. The third-order valence-corrected chi connectivity index (χ3v) is 3.84. The van der Waals surface area contributed by atoms with Gasteiger partial charge in [0.05, 0.1) is 12.6 Å². The minimum absolute atomic E-state index is 0.184. The van der Waals surface area contributed by atoms with Gasteiger partial charge in [-0.2, -0.15) is 0 Å². The van der Waals surface area contributed by atoms with E-state index in [1.165, 1.54) is 11.3 Å². The molecular weight excluding hydrogens is 264 g/mol. The molecule has 1 aliphatic heterocycles. The van der Waals surface area contributed by atoms with Crippen molar-refractivity contribution in [3.63, 3.8) is 0 Å². The number of hydrogen-bond acceptors (Lipinski definition) is 5. The Hall–Kier alpha value is -1.68. The second-order valence-electron chi connectivity index (χ2n) is 4.21. The summed E-state index contributed by atoms with van der Waals surface area (Å²) in [5.41, 5.74) is 0.838. The van der Waals surface area contributed by atoms with Gasteiger partial charge in [0.25, 0.3) is 0 Å². The average Bonchev–Trinajstić information content (AvgIpc) is 2.80. The summed E-state index contributed by atoms with van der Waals surface area (Å²) in [4.78, 5) is 25.8. The minimum Gasteiger partial charge on any atom is -0.384 e. The maximum atomic E-state index is 11.6. The first-order valence-electron chi connectivity index (χ1n) is 5.85. The van der Waals surface area contributed by atoms with Crippen LogP contribution in [0.4, 0.5) is 0 Å².